The molecular weight excluding hydrogens is 310 g/mol. The topological polar surface area (TPSA) is 91.4 Å². The molecule has 1 fully saturated rings. The zero-order valence-corrected chi connectivity index (χ0v) is 15.0. The number of alkyl carbamates (subject to hydrolysis) is 1. The third kappa shape index (κ3) is 4.40. The van der Waals surface area contributed by atoms with Gasteiger partial charge in [-0.05, 0) is 47.6 Å². The first-order valence-electron chi connectivity index (χ1n) is 8.03. The second-order valence-corrected chi connectivity index (χ2v) is 8.13. The lowest BCUT2D eigenvalue weighted by atomic mass is 9.96. The second-order valence-electron chi connectivity index (χ2n) is 8.13. The minimum Gasteiger partial charge on any atom is -0.444 e. The molecule has 24 heavy (non-hydrogen) atoms. The largest absolute Gasteiger partial charge is 0.444 e. The van der Waals surface area contributed by atoms with E-state index in [1.54, 1.807) is 52.5 Å². The molecule has 132 valence electrons. The molecule has 0 aromatic rings. The standard InChI is InChI=1S/C17H25N3O4/c1-16(2,3)23-14(21)19-11-7-10(9-18)8-12-13(11)20(12)15(22)24-17(4,5)6/h8,11-13H,7H2,1-6H3,(H,19,21). The molecule has 1 N–H and O–H groups in total. The lowest BCUT2D eigenvalue weighted by Gasteiger charge is -2.24. The van der Waals surface area contributed by atoms with Gasteiger partial charge in [-0.25, -0.2) is 9.59 Å². The highest BCUT2D eigenvalue weighted by Gasteiger charge is 2.58. The van der Waals surface area contributed by atoms with Gasteiger partial charge in [0.1, 0.15) is 11.2 Å². The predicted molar refractivity (Wildman–Crippen MR) is 87.1 cm³/mol. The van der Waals surface area contributed by atoms with Gasteiger partial charge < -0.3 is 14.8 Å². The third-order valence-corrected chi connectivity index (χ3v) is 3.58. The van der Waals surface area contributed by atoms with E-state index in [4.69, 9.17) is 9.47 Å². The van der Waals surface area contributed by atoms with Crippen LogP contribution in [0.15, 0.2) is 11.6 Å². The molecule has 3 unspecified atom stereocenters. The van der Waals surface area contributed by atoms with Crippen molar-refractivity contribution < 1.29 is 19.1 Å². The van der Waals surface area contributed by atoms with E-state index >= 15 is 0 Å². The zero-order chi connectivity index (χ0) is 18.3. The van der Waals surface area contributed by atoms with Crippen molar-refractivity contribution in [3.63, 3.8) is 0 Å². The monoisotopic (exact) mass is 335 g/mol. The summed E-state index contributed by atoms with van der Waals surface area (Å²) >= 11 is 0. The molecule has 1 saturated heterocycles. The van der Waals surface area contributed by atoms with Crippen LogP contribution in [-0.2, 0) is 9.47 Å². The molecule has 0 aromatic heterocycles. The van der Waals surface area contributed by atoms with E-state index in [-0.39, 0.29) is 18.1 Å². The summed E-state index contributed by atoms with van der Waals surface area (Å²) in [6.07, 6.45) is 1.14. The number of nitrogens with one attached hydrogen (secondary N) is 1. The maximum Gasteiger partial charge on any atom is 0.411 e. The highest BCUT2D eigenvalue weighted by molar-refractivity contribution is 5.75. The molecule has 1 aliphatic carbocycles. The third-order valence-electron chi connectivity index (χ3n) is 3.58. The van der Waals surface area contributed by atoms with Crippen molar-refractivity contribution in [2.45, 2.75) is 77.3 Å². The Morgan fingerprint density at radius 3 is 2.29 bits per heavy atom. The van der Waals surface area contributed by atoms with Crippen LogP contribution >= 0.6 is 0 Å². The highest BCUT2D eigenvalue weighted by Crippen LogP contribution is 2.40. The number of rotatable bonds is 1. The summed E-state index contributed by atoms with van der Waals surface area (Å²) in [6, 6.07) is 1.32. The van der Waals surface area contributed by atoms with Crippen molar-refractivity contribution in [1.29, 1.82) is 5.26 Å². The van der Waals surface area contributed by atoms with Gasteiger partial charge in [0, 0.05) is 12.0 Å². The lowest BCUT2D eigenvalue weighted by molar-refractivity contribution is 0.0375. The Labute approximate surface area is 142 Å². The summed E-state index contributed by atoms with van der Waals surface area (Å²) in [5.74, 6) is 0. The Hall–Kier alpha value is -2.23. The lowest BCUT2D eigenvalue weighted by Crippen LogP contribution is -2.44. The first-order valence-corrected chi connectivity index (χ1v) is 8.03. The maximum absolute atomic E-state index is 12.3. The summed E-state index contributed by atoms with van der Waals surface area (Å²) in [7, 11) is 0. The van der Waals surface area contributed by atoms with Gasteiger partial charge in [-0.2, -0.15) is 5.26 Å². The number of amides is 2. The number of hydrogen-bond donors (Lipinski definition) is 1. The molecule has 1 aliphatic heterocycles. The predicted octanol–water partition coefficient (Wildman–Crippen LogP) is 2.72. The molecule has 2 amide bonds. The Morgan fingerprint density at radius 1 is 1.21 bits per heavy atom. The van der Waals surface area contributed by atoms with Gasteiger partial charge in [-0.15, -0.1) is 0 Å². The highest BCUT2D eigenvalue weighted by atomic mass is 16.6. The fraction of sp³-hybridized carbons (Fsp3) is 0.706. The van der Waals surface area contributed by atoms with Gasteiger partial charge in [0.05, 0.1) is 24.2 Å². The van der Waals surface area contributed by atoms with E-state index in [1.807, 2.05) is 0 Å². The van der Waals surface area contributed by atoms with Gasteiger partial charge in [-0.1, -0.05) is 0 Å². The Kier molecular flexibility index (Phi) is 4.53. The van der Waals surface area contributed by atoms with E-state index in [1.165, 1.54) is 0 Å². The van der Waals surface area contributed by atoms with Crippen molar-refractivity contribution in [2.24, 2.45) is 0 Å². The summed E-state index contributed by atoms with van der Waals surface area (Å²) in [5.41, 5.74) is -0.664. The number of nitriles is 1. The van der Waals surface area contributed by atoms with Gasteiger partial charge in [0.2, 0.25) is 0 Å². The SMILES string of the molecule is CC(C)(C)OC(=O)NC1CC(C#N)=CC2C1N2C(=O)OC(C)(C)C. The van der Waals surface area contributed by atoms with Crippen molar-refractivity contribution in [3.05, 3.63) is 11.6 Å². The van der Waals surface area contributed by atoms with Crippen LogP contribution in [0.2, 0.25) is 0 Å². The Bertz CT molecular complexity index is 607. The van der Waals surface area contributed by atoms with Crippen LogP contribution in [0.3, 0.4) is 0 Å². The number of carbonyl (C=O) groups is 2. The van der Waals surface area contributed by atoms with Crippen LogP contribution < -0.4 is 5.32 Å². The molecule has 0 saturated carbocycles. The second kappa shape index (κ2) is 6.00. The first-order chi connectivity index (χ1) is 10.9. The molecule has 3 atom stereocenters. The van der Waals surface area contributed by atoms with Crippen LogP contribution in [0, 0.1) is 11.3 Å². The Morgan fingerprint density at radius 2 is 1.79 bits per heavy atom. The quantitative estimate of drug-likeness (QED) is 0.744. The summed E-state index contributed by atoms with van der Waals surface area (Å²) in [4.78, 5) is 25.9. The van der Waals surface area contributed by atoms with E-state index in [0.717, 1.165) is 0 Å². The molecule has 7 heteroatoms. The van der Waals surface area contributed by atoms with Crippen LogP contribution in [-0.4, -0.2) is 46.4 Å². The van der Waals surface area contributed by atoms with E-state index < -0.39 is 23.4 Å². The summed E-state index contributed by atoms with van der Waals surface area (Å²) < 4.78 is 10.7. The molecule has 7 nitrogen and oxygen atoms in total. The summed E-state index contributed by atoms with van der Waals surface area (Å²) in [6.45, 7) is 10.7. The van der Waals surface area contributed by atoms with Crippen LogP contribution in [0.5, 0.6) is 0 Å². The molecule has 2 aliphatic rings. The average Bonchev–Trinajstić information content (AvgIpc) is 3.08. The molecule has 0 bridgehead atoms. The zero-order valence-electron chi connectivity index (χ0n) is 15.0. The minimum absolute atomic E-state index is 0.204. The number of ether oxygens (including phenoxy) is 2. The molecule has 0 aromatic carbocycles. The maximum atomic E-state index is 12.3. The van der Waals surface area contributed by atoms with Crippen LogP contribution in [0.4, 0.5) is 9.59 Å². The first kappa shape index (κ1) is 18.1. The van der Waals surface area contributed by atoms with Gasteiger partial charge in [0.15, 0.2) is 0 Å². The fourth-order valence-electron chi connectivity index (χ4n) is 2.75. The van der Waals surface area contributed by atoms with Crippen LogP contribution in [0.25, 0.3) is 0 Å². The number of carbonyl (C=O) groups excluding carboxylic acids is 2. The van der Waals surface area contributed by atoms with Crippen molar-refractivity contribution in [2.75, 3.05) is 0 Å². The molecule has 2 rings (SSSR count). The van der Waals surface area contributed by atoms with Gasteiger partial charge in [0.25, 0.3) is 0 Å². The summed E-state index contributed by atoms with van der Waals surface area (Å²) in [5, 5.41) is 12.0. The number of fused-ring (bicyclic) bond motifs is 1. The number of nitrogens with zero attached hydrogens (tertiary/aromatic N) is 2. The van der Waals surface area contributed by atoms with Crippen molar-refractivity contribution in [3.8, 4) is 6.07 Å². The van der Waals surface area contributed by atoms with E-state index in [9.17, 15) is 14.9 Å². The molecular formula is C17H25N3O4. The van der Waals surface area contributed by atoms with Crippen molar-refractivity contribution in [1.82, 2.24) is 10.2 Å². The molecule has 0 spiro atoms. The van der Waals surface area contributed by atoms with Gasteiger partial charge in [-0.3, -0.25) is 4.90 Å². The van der Waals surface area contributed by atoms with E-state index in [2.05, 4.69) is 11.4 Å². The van der Waals surface area contributed by atoms with E-state index in [0.29, 0.717) is 12.0 Å². The van der Waals surface area contributed by atoms with Gasteiger partial charge >= 0.3 is 12.2 Å². The number of hydrogen-bond acceptors (Lipinski definition) is 5. The Balaban J connectivity index is 2.08. The average molecular weight is 335 g/mol. The normalized spacial score (nSPS) is 25.8. The smallest absolute Gasteiger partial charge is 0.411 e. The van der Waals surface area contributed by atoms with Crippen LogP contribution in [0.1, 0.15) is 48.0 Å². The fourth-order valence-corrected chi connectivity index (χ4v) is 2.75. The molecule has 1 heterocycles. The molecule has 0 radical (unpaired) electrons. The van der Waals surface area contributed by atoms with Crippen molar-refractivity contribution >= 4 is 12.2 Å². The minimum atomic E-state index is -0.611.